The second-order valence-electron chi connectivity index (χ2n) is 4.67. The zero-order valence-corrected chi connectivity index (χ0v) is 12.3. The van der Waals surface area contributed by atoms with Crippen LogP contribution in [0.15, 0.2) is 47.8 Å². The van der Waals surface area contributed by atoms with Gasteiger partial charge in [0.1, 0.15) is 5.82 Å². The highest BCUT2D eigenvalue weighted by Crippen LogP contribution is 2.25. The first-order valence-electron chi connectivity index (χ1n) is 6.58. The molecule has 0 aliphatic rings. The quantitative estimate of drug-likeness (QED) is 0.782. The molecule has 0 spiro atoms. The molecule has 0 fully saturated rings. The van der Waals surface area contributed by atoms with Gasteiger partial charge >= 0.3 is 0 Å². The van der Waals surface area contributed by atoms with E-state index in [0.29, 0.717) is 6.54 Å². The van der Waals surface area contributed by atoms with Crippen LogP contribution in [0.5, 0.6) is 0 Å². The maximum absolute atomic E-state index is 12.9. The van der Waals surface area contributed by atoms with Gasteiger partial charge in [-0.25, -0.2) is 9.37 Å². The molecule has 3 aromatic rings. The number of thiazole rings is 1. The number of halogens is 1. The van der Waals surface area contributed by atoms with E-state index in [2.05, 4.69) is 15.3 Å². The lowest BCUT2D eigenvalue weighted by atomic mass is 10.2. The molecule has 0 unspecified atom stereocenters. The van der Waals surface area contributed by atoms with E-state index in [4.69, 9.17) is 0 Å². The van der Waals surface area contributed by atoms with Crippen molar-refractivity contribution in [2.45, 2.75) is 13.5 Å². The Kier molecular flexibility index (Phi) is 3.92. The highest BCUT2D eigenvalue weighted by Gasteiger charge is 2.05. The summed E-state index contributed by atoms with van der Waals surface area (Å²) in [5, 5.41) is 6.05. The van der Waals surface area contributed by atoms with Gasteiger partial charge in [0.05, 0.1) is 17.9 Å². The van der Waals surface area contributed by atoms with Gasteiger partial charge in [0.2, 0.25) is 0 Å². The molecule has 0 atom stereocenters. The summed E-state index contributed by atoms with van der Waals surface area (Å²) in [6.45, 7) is 2.61. The van der Waals surface area contributed by atoms with E-state index in [1.807, 2.05) is 30.5 Å². The molecule has 0 amide bonds. The Hall–Kier alpha value is -2.27. The van der Waals surface area contributed by atoms with Crippen molar-refractivity contribution in [2.75, 3.05) is 5.32 Å². The Morgan fingerprint density at radius 3 is 2.67 bits per heavy atom. The summed E-state index contributed by atoms with van der Waals surface area (Å²) < 4.78 is 12.9. The summed E-state index contributed by atoms with van der Waals surface area (Å²) in [4.78, 5) is 8.94. The maximum atomic E-state index is 12.9. The average molecular weight is 299 g/mol. The Morgan fingerprint density at radius 2 is 1.90 bits per heavy atom. The molecule has 5 heteroatoms. The predicted molar refractivity (Wildman–Crippen MR) is 83.8 cm³/mol. The first kappa shape index (κ1) is 13.7. The second kappa shape index (κ2) is 6.01. The minimum atomic E-state index is -0.238. The molecule has 3 nitrogen and oxygen atoms in total. The summed E-state index contributed by atoms with van der Waals surface area (Å²) >= 11 is 1.53. The van der Waals surface area contributed by atoms with Crippen molar-refractivity contribution < 1.29 is 4.39 Å². The fraction of sp³-hybridized carbons (Fsp3) is 0.125. The van der Waals surface area contributed by atoms with Gasteiger partial charge in [0.25, 0.3) is 0 Å². The highest BCUT2D eigenvalue weighted by atomic mass is 32.1. The van der Waals surface area contributed by atoms with Gasteiger partial charge in [-0.2, -0.15) is 0 Å². The van der Waals surface area contributed by atoms with Crippen molar-refractivity contribution in [1.82, 2.24) is 9.97 Å². The molecule has 3 rings (SSSR count). The molecule has 1 N–H and O–H groups in total. The normalized spacial score (nSPS) is 10.6. The van der Waals surface area contributed by atoms with Crippen LogP contribution in [0.25, 0.3) is 11.3 Å². The Labute approximate surface area is 126 Å². The minimum Gasteiger partial charge on any atom is -0.356 e. The summed E-state index contributed by atoms with van der Waals surface area (Å²) in [5.74, 6) is -0.238. The summed E-state index contributed by atoms with van der Waals surface area (Å²) in [7, 11) is 0. The lowest BCUT2D eigenvalue weighted by Crippen LogP contribution is -2.01. The number of nitrogens with one attached hydrogen (secondary N) is 1. The van der Waals surface area contributed by atoms with Crippen LogP contribution in [0, 0.1) is 12.7 Å². The molecule has 21 heavy (non-hydrogen) atoms. The Morgan fingerprint density at radius 1 is 1.10 bits per heavy atom. The van der Waals surface area contributed by atoms with Crippen molar-refractivity contribution in [3.63, 3.8) is 0 Å². The van der Waals surface area contributed by atoms with E-state index >= 15 is 0 Å². The van der Waals surface area contributed by atoms with Crippen molar-refractivity contribution in [3.8, 4) is 11.3 Å². The molecule has 106 valence electrons. The van der Waals surface area contributed by atoms with Crippen LogP contribution in [0.1, 0.15) is 11.4 Å². The Bertz CT molecular complexity index is 737. The van der Waals surface area contributed by atoms with Crippen molar-refractivity contribution in [3.05, 3.63) is 65.0 Å². The van der Waals surface area contributed by atoms with Crippen LogP contribution in [-0.2, 0) is 6.54 Å². The summed E-state index contributed by atoms with van der Waals surface area (Å²) in [6, 6.07) is 12.3. The molecule has 0 bridgehead atoms. The van der Waals surface area contributed by atoms with Gasteiger partial charge in [-0.05, 0) is 43.3 Å². The van der Waals surface area contributed by atoms with Crippen molar-refractivity contribution in [2.24, 2.45) is 0 Å². The van der Waals surface area contributed by atoms with Crippen LogP contribution < -0.4 is 5.32 Å². The zero-order valence-electron chi connectivity index (χ0n) is 11.5. The molecule has 0 saturated heterocycles. The number of pyridine rings is 1. The third-order valence-electron chi connectivity index (χ3n) is 3.01. The lowest BCUT2D eigenvalue weighted by Gasteiger charge is -2.03. The van der Waals surface area contributed by atoms with Gasteiger partial charge in [-0.1, -0.05) is 6.07 Å². The van der Waals surface area contributed by atoms with Crippen LogP contribution >= 0.6 is 11.3 Å². The molecular weight excluding hydrogens is 285 g/mol. The third kappa shape index (κ3) is 3.44. The van der Waals surface area contributed by atoms with Gasteiger partial charge in [0, 0.05) is 16.6 Å². The fourth-order valence-corrected chi connectivity index (χ4v) is 2.69. The molecule has 0 aliphatic heterocycles. The van der Waals surface area contributed by atoms with Crippen LogP contribution in [-0.4, -0.2) is 9.97 Å². The number of aromatic nitrogens is 2. The molecular formula is C16H14FN3S. The van der Waals surface area contributed by atoms with Gasteiger partial charge in [-0.3, -0.25) is 4.98 Å². The zero-order chi connectivity index (χ0) is 14.7. The molecule has 2 heterocycles. The number of anilines is 1. The van der Waals surface area contributed by atoms with Crippen LogP contribution in [0.2, 0.25) is 0 Å². The van der Waals surface area contributed by atoms with Gasteiger partial charge < -0.3 is 5.32 Å². The minimum absolute atomic E-state index is 0.238. The fourth-order valence-electron chi connectivity index (χ4n) is 1.97. The van der Waals surface area contributed by atoms with E-state index in [1.54, 1.807) is 12.1 Å². The Balaban J connectivity index is 1.69. The standard InChI is InChI=1S/C16H14FN3S/c1-11-3-2-4-14(19-11)9-18-16-20-15(10-21-16)12-5-7-13(17)8-6-12/h2-8,10H,9H2,1H3,(H,18,20). The topological polar surface area (TPSA) is 37.8 Å². The first-order chi connectivity index (χ1) is 10.2. The third-order valence-corrected chi connectivity index (χ3v) is 3.81. The second-order valence-corrected chi connectivity index (χ2v) is 5.53. The molecule has 2 aromatic heterocycles. The molecule has 0 radical (unpaired) electrons. The molecule has 0 aliphatic carbocycles. The smallest absolute Gasteiger partial charge is 0.183 e. The number of hydrogen-bond acceptors (Lipinski definition) is 4. The van der Waals surface area contributed by atoms with Gasteiger partial charge in [-0.15, -0.1) is 11.3 Å². The van der Waals surface area contributed by atoms with Crippen molar-refractivity contribution >= 4 is 16.5 Å². The number of nitrogens with zero attached hydrogens (tertiary/aromatic N) is 2. The average Bonchev–Trinajstić information content (AvgIpc) is 2.95. The largest absolute Gasteiger partial charge is 0.356 e. The predicted octanol–water partition coefficient (Wildman–Crippen LogP) is 4.26. The number of benzene rings is 1. The highest BCUT2D eigenvalue weighted by molar-refractivity contribution is 7.14. The summed E-state index contributed by atoms with van der Waals surface area (Å²) in [6.07, 6.45) is 0. The SMILES string of the molecule is Cc1cccc(CNc2nc(-c3ccc(F)cc3)cs2)n1. The van der Waals surface area contributed by atoms with Crippen LogP contribution in [0.4, 0.5) is 9.52 Å². The molecule has 1 aromatic carbocycles. The number of aryl methyl sites for hydroxylation is 1. The maximum Gasteiger partial charge on any atom is 0.183 e. The van der Waals surface area contributed by atoms with E-state index in [-0.39, 0.29) is 5.82 Å². The van der Waals surface area contributed by atoms with Gasteiger partial charge in [0.15, 0.2) is 5.13 Å². The lowest BCUT2D eigenvalue weighted by molar-refractivity contribution is 0.628. The van der Waals surface area contributed by atoms with E-state index < -0.39 is 0 Å². The monoisotopic (exact) mass is 299 g/mol. The van der Waals surface area contributed by atoms with Crippen LogP contribution in [0.3, 0.4) is 0 Å². The number of rotatable bonds is 4. The summed E-state index contributed by atoms with van der Waals surface area (Å²) in [5.41, 5.74) is 3.74. The first-order valence-corrected chi connectivity index (χ1v) is 7.46. The number of hydrogen-bond donors (Lipinski definition) is 1. The van der Waals surface area contributed by atoms with E-state index in [1.165, 1.54) is 23.5 Å². The van der Waals surface area contributed by atoms with E-state index in [9.17, 15) is 4.39 Å². The van der Waals surface area contributed by atoms with E-state index in [0.717, 1.165) is 27.8 Å². The van der Waals surface area contributed by atoms with Crippen molar-refractivity contribution in [1.29, 1.82) is 0 Å². The molecule has 0 saturated carbocycles.